The number of hydrogen-bond donors (Lipinski definition) is 2. The molecule has 0 saturated carbocycles. The lowest BCUT2D eigenvalue weighted by atomic mass is 9.88. The zero-order valence-electron chi connectivity index (χ0n) is 14.4. The third-order valence-electron chi connectivity index (χ3n) is 4.42. The van der Waals surface area contributed by atoms with Crippen LogP contribution in [-0.2, 0) is 12.8 Å². The lowest BCUT2D eigenvalue weighted by Gasteiger charge is -2.18. The minimum absolute atomic E-state index is 0.189. The van der Waals surface area contributed by atoms with Crippen molar-refractivity contribution in [2.75, 3.05) is 11.1 Å². The summed E-state index contributed by atoms with van der Waals surface area (Å²) in [5, 5.41) is 3.54. The van der Waals surface area contributed by atoms with Gasteiger partial charge in [0.15, 0.2) is 0 Å². The van der Waals surface area contributed by atoms with Crippen molar-refractivity contribution in [3.05, 3.63) is 45.8 Å². The number of nitrogens with two attached hydrogens (primary N) is 1. The van der Waals surface area contributed by atoms with E-state index in [0.29, 0.717) is 22.0 Å². The number of carbonyl (C=O) groups is 2. The van der Waals surface area contributed by atoms with Gasteiger partial charge in [-0.1, -0.05) is 26.0 Å². The van der Waals surface area contributed by atoms with Crippen LogP contribution in [-0.4, -0.2) is 17.6 Å². The van der Waals surface area contributed by atoms with Crippen molar-refractivity contribution in [2.45, 2.75) is 38.0 Å². The summed E-state index contributed by atoms with van der Waals surface area (Å²) < 4.78 is 0. The minimum atomic E-state index is -0.460. The van der Waals surface area contributed by atoms with Crippen LogP contribution in [0, 0.1) is 5.92 Å². The molecule has 1 aliphatic carbocycles. The van der Waals surface area contributed by atoms with Crippen LogP contribution in [0.1, 0.15) is 51.4 Å². The van der Waals surface area contributed by atoms with Crippen LogP contribution in [0.4, 0.5) is 5.00 Å². The first-order valence-electron chi connectivity index (χ1n) is 8.48. The smallest absolute Gasteiger partial charge is 0.257 e. The molecule has 0 radical (unpaired) electrons. The van der Waals surface area contributed by atoms with Gasteiger partial charge in [0, 0.05) is 9.77 Å². The van der Waals surface area contributed by atoms with Crippen LogP contribution < -0.4 is 11.1 Å². The van der Waals surface area contributed by atoms with Crippen molar-refractivity contribution in [1.82, 2.24) is 0 Å². The zero-order chi connectivity index (χ0) is 18.0. The fraction of sp³-hybridized carbons (Fsp3) is 0.368. The number of primary amides is 1. The molecule has 132 valence electrons. The Balaban J connectivity index is 1.93. The summed E-state index contributed by atoms with van der Waals surface area (Å²) in [6.45, 7) is 4.27. The normalized spacial score (nSPS) is 16.3. The van der Waals surface area contributed by atoms with Crippen molar-refractivity contribution < 1.29 is 9.59 Å². The van der Waals surface area contributed by atoms with E-state index >= 15 is 0 Å². The quantitative estimate of drug-likeness (QED) is 0.765. The van der Waals surface area contributed by atoms with E-state index < -0.39 is 5.91 Å². The SMILES string of the molecule is CCSc1ccccc1C(=O)Nc1sc2c(c1C(N)=O)CC[C@@H](C)C2. The lowest BCUT2D eigenvalue weighted by Crippen LogP contribution is -2.19. The highest BCUT2D eigenvalue weighted by atomic mass is 32.2. The predicted octanol–water partition coefficient (Wildman–Crippen LogP) is 4.34. The van der Waals surface area contributed by atoms with Crippen molar-refractivity contribution >= 4 is 39.9 Å². The first-order valence-corrected chi connectivity index (χ1v) is 10.3. The average Bonchev–Trinajstić information content (AvgIpc) is 2.92. The second kappa shape index (κ2) is 7.62. The zero-order valence-corrected chi connectivity index (χ0v) is 16.1. The fourth-order valence-corrected chi connectivity index (χ4v) is 5.42. The number of fused-ring (bicyclic) bond motifs is 1. The molecule has 1 atom stereocenters. The Bertz CT molecular complexity index is 814. The van der Waals surface area contributed by atoms with Gasteiger partial charge in [0.05, 0.1) is 11.1 Å². The van der Waals surface area contributed by atoms with Crippen LogP contribution in [0.25, 0.3) is 0 Å². The molecule has 2 aromatic rings. The van der Waals surface area contributed by atoms with Gasteiger partial charge in [0.1, 0.15) is 5.00 Å². The number of nitrogens with one attached hydrogen (secondary N) is 1. The summed E-state index contributed by atoms with van der Waals surface area (Å²) in [5.74, 6) is 0.837. The highest BCUT2D eigenvalue weighted by molar-refractivity contribution is 7.99. The summed E-state index contributed by atoms with van der Waals surface area (Å²) in [4.78, 5) is 26.9. The maximum Gasteiger partial charge on any atom is 0.257 e. The van der Waals surface area contributed by atoms with Crippen molar-refractivity contribution in [3.8, 4) is 0 Å². The molecule has 1 heterocycles. The number of amides is 2. The van der Waals surface area contributed by atoms with Gasteiger partial charge >= 0.3 is 0 Å². The van der Waals surface area contributed by atoms with Gasteiger partial charge in [0.2, 0.25) is 0 Å². The first-order chi connectivity index (χ1) is 12.0. The number of rotatable bonds is 5. The molecule has 1 aromatic heterocycles. The van der Waals surface area contributed by atoms with Crippen molar-refractivity contribution in [2.24, 2.45) is 11.7 Å². The summed E-state index contributed by atoms with van der Waals surface area (Å²) in [7, 11) is 0. The van der Waals surface area contributed by atoms with Gasteiger partial charge in [-0.3, -0.25) is 9.59 Å². The van der Waals surface area contributed by atoms with E-state index in [-0.39, 0.29) is 5.91 Å². The largest absolute Gasteiger partial charge is 0.365 e. The Morgan fingerprint density at radius 1 is 1.36 bits per heavy atom. The standard InChI is InChI=1S/C19H22N2O2S2/c1-3-24-14-7-5-4-6-13(14)18(23)21-19-16(17(20)22)12-9-8-11(2)10-15(12)25-19/h4-7,11H,3,8-10H2,1-2H3,(H2,20,22)(H,21,23)/t11-/m1/s1. The topological polar surface area (TPSA) is 72.2 Å². The second-order valence-corrected chi connectivity index (χ2v) is 8.71. The van der Waals surface area contributed by atoms with E-state index in [1.165, 1.54) is 16.2 Å². The van der Waals surface area contributed by atoms with E-state index in [2.05, 4.69) is 19.2 Å². The monoisotopic (exact) mass is 374 g/mol. The lowest BCUT2D eigenvalue weighted by molar-refractivity contribution is 0.1000. The number of hydrogen-bond acceptors (Lipinski definition) is 4. The first kappa shape index (κ1) is 18.0. The van der Waals surface area contributed by atoms with Gasteiger partial charge in [-0.05, 0) is 48.6 Å². The number of benzene rings is 1. The summed E-state index contributed by atoms with van der Waals surface area (Å²) >= 11 is 3.13. The second-order valence-electron chi connectivity index (χ2n) is 6.30. The maximum absolute atomic E-state index is 12.8. The van der Waals surface area contributed by atoms with Gasteiger partial charge in [-0.2, -0.15) is 0 Å². The molecule has 0 aliphatic heterocycles. The van der Waals surface area contributed by atoms with E-state index in [0.717, 1.165) is 35.5 Å². The molecular formula is C19H22N2O2S2. The predicted molar refractivity (Wildman–Crippen MR) is 105 cm³/mol. The minimum Gasteiger partial charge on any atom is -0.365 e. The summed E-state index contributed by atoms with van der Waals surface area (Å²) in [5.41, 5.74) is 7.78. The molecule has 0 unspecified atom stereocenters. The molecule has 3 rings (SSSR count). The molecule has 25 heavy (non-hydrogen) atoms. The van der Waals surface area contributed by atoms with Crippen LogP contribution in [0.15, 0.2) is 29.2 Å². The third-order valence-corrected chi connectivity index (χ3v) is 6.54. The highest BCUT2D eigenvalue weighted by Gasteiger charge is 2.27. The molecule has 1 aromatic carbocycles. The third kappa shape index (κ3) is 3.75. The molecule has 0 saturated heterocycles. The maximum atomic E-state index is 12.8. The van der Waals surface area contributed by atoms with E-state index in [1.807, 2.05) is 24.3 Å². The molecule has 0 fully saturated rings. The van der Waals surface area contributed by atoms with Gasteiger partial charge in [0.25, 0.3) is 11.8 Å². The molecule has 0 bridgehead atoms. The molecule has 2 amide bonds. The number of carbonyl (C=O) groups excluding carboxylic acids is 2. The number of anilines is 1. The van der Waals surface area contributed by atoms with Gasteiger partial charge in [-0.25, -0.2) is 0 Å². The highest BCUT2D eigenvalue weighted by Crippen LogP contribution is 2.39. The van der Waals surface area contributed by atoms with Crippen LogP contribution in [0.5, 0.6) is 0 Å². The van der Waals surface area contributed by atoms with Crippen LogP contribution in [0.3, 0.4) is 0 Å². The van der Waals surface area contributed by atoms with Crippen LogP contribution >= 0.6 is 23.1 Å². The summed E-state index contributed by atoms with van der Waals surface area (Å²) in [6, 6.07) is 7.53. The average molecular weight is 375 g/mol. The molecule has 3 N–H and O–H groups in total. The van der Waals surface area contributed by atoms with Gasteiger partial charge in [-0.15, -0.1) is 23.1 Å². The molecule has 4 nitrogen and oxygen atoms in total. The van der Waals surface area contributed by atoms with Crippen molar-refractivity contribution in [3.63, 3.8) is 0 Å². The Labute approximate surface area is 156 Å². The van der Waals surface area contributed by atoms with Gasteiger partial charge < -0.3 is 11.1 Å². The Morgan fingerprint density at radius 2 is 2.12 bits per heavy atom. The Hall–Kier alpha value is -1.79. The van der Waals surface area contributed by atoms with Crippen LogP contribution in [0.2, 0.25) is 0 Å². The number of thioether (sulfide) groups is 1. The van der Waals surface area contributed by atoms with E-state index in [4.69, 9.17) is 5.73 Å². The number of thiophene rings is 1. The summed E-state index contributed by atoms with van der Waals surface area (Å²) in [6.07, 6.45) is 2.84. The Morgan fingerprint density at radius 3 is 2.84 bits per heavy atom. The van der Waals surface area contributed by atoms with E-state index in [1.54, 1.807) is 11.8 Å². The fourth-order valence-electron chi connectivity index (χ4n) is 3.21. The molecule has 0 spiro atoms. The van der Waals surface area contributed by atoms with E-state index in [9.17, 15) is 9.59 Å². The van der Waals surface area contributed by atoms with Crippen molar-refractivity contribution in [1.29, 1.82) is 0 Å². The molecular weight excluding hydrogens is 352 g/mol. The molecule has 6 heteroatoms. The molecule has 1 aliphatic rings. The Kier molecular flexibility index (Phi) is 5.49.